The molecule has 7 nitrogen and oxygen atoms in total. The lowest BCUT2D eigenvalue weighted by atomic mass is 9.99. The van der Waals surface area contributed by atoms with Crippen LogP contribution in [0.3, 0.4) is 0 Å². The molecule has 86 valence electrons. The quantitative estimate of drug-likeness (QED) is 0.345. The highest BCUT2D eigenvalue weighted by Crippen LogP contribution is 2.29. The van der Waals surface area contributed by atoms with Crippen molar-refractivity contribution in [1.29, 1.82) is 0 Å². The molecule has 0 aromatic heterocycles. The zero-order valence-electron chi connectivity index (χ0n) is 8.09. The Hall–Kier alpha value is -0.500. The lowest BCUT2D eigenvalue weighted by Crippen LogP contribution is -2.56. The molecule has 0 aliphatic carbocycles. The Morgan fingerprint density at radius 2 is 2.13 bits per heavy atom. The average Bonchev–Trinajstić information content (AvgIpc) is 2.25. The van der Waals surface area contributed by atoms with Gasteiger partial charge in [0.2, 0.25) is 0 Å². The molecule has 8 heteroatoms. The molecule has 1 aliphatic heterocycles. The minimum atomic E-state index is -1.24. The first-order valence-electron chi connectivity index (χ1n) is 4.35. The number of aliphatic hydroxyl groups is 3. The Bertz CT molecular complexity index is 259. The monoisotopic (exact) mass is 235 g/mol. The second-order valence-electron chi connectivity index (χ2n) is 3.14. The van der Waals surface area contributed by atoms with Crippen molar-refractivity contribution in [1.82, 2.24) is 0 Å². The average molecular weight is 235 g/mol. The van der Waals surface area contributed by atoms with E-state index in [1.165, 1.54) is 11.8 Å². The third kappa shape index (κ3) is 2.54. The van der Waals surface area contributed by atoms with Gasteiger partial charge in [-0.2, -0.15) is 0 Å². The summed E-state index contributed by atoms with van der Waals surface area (Å²) >= 11 is 1.25. The highest BCUT2D eigenvalue weighted by Gasteiger charge is 2.43. The number of hydrogen-bond acceptors (Lipinski definition) is 6. The maximum atomic E-state index is 9.65. The van der Waals surface area contributed by atoms with E-state index in [9.17, 15) is 10.2 Å². The molecule has 1 heterocycles. The predicted octanol–water partition coefficient (Wildman–Crippen LogP) is -0.533. The molecule has 3 N–H and O–H groups in total. The van der Waals surface area contributed by atoms with Crippen molar-refractivity contribution in [2.75, 3.05) is 12.9 Å². The smallest absolute Gasteiger partial charge is 0.114 e. The number of thioether (sulfide) groups is 1. The van der Waals surface area contributed by atoms with E-state index in [2.05, 4.69) is 10.0 Å². The van der Waals surface area contributed by atoms with Crippen molar-refractivity contribution in [3.63, 3.8) is 0 Å². The molecule has 0 spiro atoms. The van der Waals surface area contributed by atoms with E-state index in [4.69, 9.17) is 15.4 Å². The second kappa shape index (κ2) is 5.55. The van der Waals surface area contributed by atoms with Gasteiger partial charge in [0.15, 0.2) is 0 Å². The first-order chi connectivity index (χ1) is 7.15. The summed E-state index contributed by atoms with van der Waals surface area (Å²) in [5.74, 6) is 0. The number of ether oxygens (including phenoxy) is 1. The van der Waals surface area contributed by atoms with Gasteiger partial charge in [-0.05, 0) is 11.8 Å². The van der Waals surface area contributed by atoms with Gasteiger partial charge in [0.05, 0.1) is 12.7 Å². The molecule has 1 fully saturated rings. The summed E-state index contributed by atoms with van der Waals surface area (Å²) < 4.78 is 5.27. The van der Waals surface area contributed by atoms with Gasteiger partial charge in [-0.15, -0.1) is 11.8 Å². The standard InChI is InChI=1S/C7H13N3O4S/c1-15-7-4(9-10-8)6(13)5(12)3(2-11)14-7/h3-7,11-13H,2H2,1H3/t3-,4-,5+,6-,7+/m1/s1. The second-order valence-corrected chi connectivity index (χ2v) is 4.07. The first kappa shape index (κ1) is 12.6. The lowest BCUT2D eigenvalue weighted by molar-refractivity contribution is -0.165. The molecular weight excluding hydrogens is 222 g/mol. The van der Waals surface area contributed by atoms with Crippen molar-refractivity contribution in [3.05, 3.63) is 10.4 Å². The summed E-state index contributed by atoms with van der Waals surface area (Å²) in [5.41, 5.74) is 7.75. The van der Waals surface area contributed by atoms with Crippen molar-refractivity contribution in [3.8, 4) is 0 Å². The Morgan fingerprint density at radius 1 is 1.47 bits per heavy atom. The van der Waals surface area contributed by atoms with Crippen LogP contribution in [0.1, 0.15) is 0 Å². The van der Waals surface area contributed by atoms with Crippen molar-refractivity contribution in [2.45, 2.75) is 29.8 Å². The summed E-state index contributed by atoms with van der Waals surface area (Å²) in [7, 11) is 0. The Morgan fingerprint density at radius 3 is 2.60 bits per heavy atom. The maximum absolute atomic E-state index is 9.65. The molecule has 0 aromatic carbocycles. The van der Waals surface area contributed by atoms with Gasteiger partial charge in [-0.1, -0.05) is 5.11 Å². The van der Waals surface area contributed by atoms with E-state index in [1.807, 2.05) is 0 Å². The fraction of sp³-hybridized carbons (Fsp3) is 1.00. The SMILES string of the molecule is CS[C@@H]1O[C@H](CO)[C@H](O)[C@H](O)[C@H]1N=[N+]=[N-]. The van der Waals surface area contributed by atoms with Crippen molar-refractivity contribution < 1.29 is 20.1 Å². The third-order valence-corrected chi connectivity index (χ3v) is 3.12. The normalized spacial score (nSPS) is 40.9. The van der Waals surface area contributed by atoms with E-state index < -0.39 is 36.4 Å². The zero-order chi connectivity index (χ0) is 11.4. The van der Waals surface area contributed by atoms with Gasteiger partial charge >= 0.3 is 0 Å². The summed E-state index contributed by atoms with van der Waals surface area (Å²) in [5, 5.41) is 31.5. The van der Waals surface area contributed by atoms with E-state index >= 15 is 0 Å². The van der Waals surface area contributed by atoms with Gasteiger partial charge in [0, 0.05) is 4.91 Å². The molecule has 1 aliphatic rings. The van der Waals surface area contributed by atoms with Gasteiger partial charge < -0.3 is 20.1 Å². The fourth-order valence-electron chi connectivity index (χ4n) is 1.44. The van der Waals surface area contributed by atoms with Crippen LogP contribution in [0.2, 0.25) is 0 Å². The lowest BCUT2D eigenvalue weighted by Gasteiger charge is -2.39. The van der Waals surface area contributed by atoms with Crippen LogP contribution in [-0.2, 0) is 4.74 Å². The summed E-state index contributed by atoms with van der Waals surface area (Å²) in [6.45, 7) is -0.391. The van der Waals surface area contributed by atoms with Gasteiger partial charge in [-0.25, -0.2) is 0 Å². The topological polar surface area (TPSA) is 119 Å². The zero-order valence-corrected chi connectivity index (χ0v) is 8.91. The molecule has 0 radical (unpaired) electrons. The van der Waals surface area contributed by atoms with E-state index in [0.717, 1.165) is 0 Å². The Labute approximate surface area is 90.7 Å². The molecule has 0 aromatic rings. The molecule has 0 amide bonds. The number of aliphatic hydroxyl groups excluding tert-OH is 3. The predicted molar refractivity (Wildman–Crippen MR) is 54.2 cm³/mol. The molecule has 0 saturated carbocycles. The van der Waals surface area contributed by atoms with Crippen LogP contribution in [0.5, 0.6) is 0 Å². The van der Waals surface area contributed by atoms with Gasteiger partial charge in [0.25, 0.3) is 0 Å². The van der Waals surface area contributed by atoms with Crippen LogP contribution in [0.15, 0.2) is 5.11 Å². The number of hydrogen-bond donors (Lipinski definition) is 3. The first-order valence-corrected chi connectivity index (χ1v) is 5.64. The van der Waals surface area contributed by atoms with Crippen LogP contribution < -0.4 is 0 Å². The minimum Gasteiger partial charge on any atom is -0.394 e. The van der Waals surface area contributed by atoms with E-state index in [0.29, 0.717) is 0 Å². The third-order valence-electron chi connectivity index (χ3n) is 2.27. The molecule has 0 unspecified atom stereocenters. The van der Waals surface area contributed by atoms with Crippen LogP contribution in [-0.4, -0.2) is 58.0 Å². The van der Waals surface area contributed by atoms with E-state index in [-0.39, 0.29) is 0 Å². The summed E-state index contributed by atoms with van der Waals surface area (Å²) in [6.07, 6.45) is -1.58. The maximum Gasteiger partial charge on any atom is 0.114 e. The van der Waals surface area contributed by atoms with Gasteiger partial charge in [-0.3, -0.25) is 0 Å². The van der Waals surface area contributed by atoms with Crippen LogP contribution in [0.25, 0.3) is 10.4 Å². The Kier molecular flexibility index (Phi) is 4.65. The van der Waals surface area contributed by atoms with Crippen molar-refractivity contribution in [2.24, 2.45) is 5.11 Å². The molecular formula is C7H13N3O4S. The van der Waals surface area contributed by atoms with E-state index in [1.54, 1.807) is 6.26 Å². The number of nitrogens with zero attached hydrogens (tertiary/aromatic N) is 3. The Balaban J connectivity index is 2.83. The molecule has 1 saturated heterocycles. The van der Waals surface area contributed by atoms with Crippen LogP contribution in [0, 0.1) is 0 Å². The number of rotatable bonds is 3. The highest BCUT2D eigenvalue weighted by atomic mass is 32.2. The fourth-order valence-corrected chi connectivity index (χ4v) is 2.19. The largest absolute Gasteiger partial charge is 0.394 e. The number of azide groups is 1. The van der Waals surface area contributed by atoms with Crippen molar-refractivity contribution >= 4 is 11.8 Å². The molecule has 5 atom stereocenters. The molecule has 1 rings (SSSR count). The van der Waals surface area contributed by atoms with Crippen LogP contribution >= 0.6 is 11.8 Å². The summed E-state index contributed by atoms with van der Waals surface area (Å²) in [4.78, 5) is 2.59. The summed E-state index contributed by atoms with van der Waals surface area (Å²) in [6, 6.07) is -0.845. The van der Waals surface area contributed by atoms with Gasteiger partial charge in [0.1, 0.15) is 23.7 Å². The molecule has 0 bridgehead atoms. The molecule has 15 heavy (non-hydrogen) atoms. The van der Waals surface area contributed by atoms with Crippen LogP contribution in [0.4, 0.5) is 0 Å². The highest BCUT2D eigenvalue weighted by molar-refractivity contribution is 7.99. The minimum absolute atomic E-state index is 0.391.